The molecule has 1 aromatic heterocycles. The van der Waals surface area contributed by atoms with Crippen molar-refractivity contribution in [3.8, 4) is 0 Å². The Morgan fingerprint density at radius 3 is 2.71 bits per heavy atom. The maximum Gasteiger partial charge on any atom is 0.0705 e. The summed E-state index contributed by atoms with van der Waals surface area (Å²) in [7, 11) is 0. The number of aromatic nitrogens is 1. The second kappa shape index (κ2) is 3.43. The van der Waals surface area contributed by atoms with Gasteiger partial charge >= 0.3 is 0 Å². The highest BCUT2D eigenvalue weighted by molar-refractivity contribution is 5.78. The molecule has 2 aliphatic carbocycles. The highest BCUT2D eigenvalue weighted by Crippen LogP contribution is 2.48. The summed E-state index contributed by atoms with van der Waals surface area (Å²) >= 11 is 0. The molecule has 0 aliphatic heterocycles. The summed E-state index contributed by atoms with van der Waals surface area (Å²) in [5, 5.41) is 1.25. The molecule has 1 heterocycles. The van der Waals surface area contributed by atoms with Gasteiger partial charge in [0.2, 0.25) is 0 Å². The highest BCUT2D eigenvalue weighted by Gasteiger charge is 2.37. The molecule has 4 rings (SSSR count). The Morgan fingerprint density at radius 1 is 0.941 bits per heavy atom. The van der Waals surface area contributed by atoms with Crippen LogP contribution < -0.4 is 0 Å². The van der Waals surface area contributed by atoms with E-state index in [4.69, 9.17) is 4.98 Å². The Hall–Kier alpha value is -1.63. The smallest absolute Gasteiger partial charge is 0.0705 e. The lowest BCUT2D eigenvalue weighted by atomic mass is 9.90. The minimum Gasteiger partial charge on any atom is -0.253 e. The van der Waals surface area contributed by atoms with Crippen molar-refractivity contribution >= 4 is 10.9 Å². The predicted octanol–water partition coefficient (Wildman–Crippen LogP) is 3.91. The topological polar surface area (TPSA) is 12.9 Å². The number of rotatable bonds is 1. The Kier molecular flexibility index (Phi) is 1.90. The van der Waals surface area contributed by atoms with Gasteiger partial charge in [-0.25, -0.2) is 0 Å². The molecule has 1 aromatic carbocycles. The maximum atomic E-state index is 4.84. The van der Waals surface area contributed by atoms with E-state index in [0.717, 1.165) is 17.4 Å². The van der Waals surface area contributed by atoms with Crippen LogP contribution in [-0.2, 0) is 0 Å². The number of pyridine rings is 1. The molecule has 0 spiro atoms. The van der Waals surface area contributed by atoms with Crippen molar-refractivity contribution < 1.29 is 0 Å². The molecule has 1 nitrogen and oxygen atoms in total. The van der Waals surface area contributed by atoms with Crippen LogP contribution in [0.15, 0.2) is 48.6 Å². The first-order valence-corrected chi connectivity index (χ1v) is 6.44. The van der Waals surface area contributed by atoms with Crippen molar-refractivity contribution in [3.05, 3.63) is 54.2 Å². The number of benzene rings is 1. The number of para-hydroxylation sites is 1. The van der Waals surface area contributed by atoms with Gasteiger partial charge in [0.05, 0.1) is 5.52 Å². The zero-order chi connectivity index (χ0) is 11.2. The fourth-order valence-electron chi connectivity index (χ4n) is 3.41. The van der Waals surface area contributed by atoms with E-state index < -0.39 is 0 Å². The lowest BCUT2D eigenvalue weighted by molar-refractivity contribution is 0.572. The third-order valence-corrected chi connectivity index (χ3v) is 4.28. The Labute approximate surface area is 101 Å². The van der Waals surface area contributed by atoms with Gasteiger partial charge in [-0.1, -0.05) is 36.4 Å². The lowest BCUT2D eigenvalue weighted by Gasteiger charge is -2.17. The first kappa shape index (κ1) is 9.41. The Balaban J connectivity index is 1.79. The number of nitrogens with zero attached hydrogens (tertiary/aromatic N) is 1. The van der Waals surface area contributed by atoms with E-state index in [2.05, 4.69) is 48.6 Å². The fourth-order valence-corrected chi connectivity index (χ4v) is 3.41. The first-order chi connectivity index (χ1) is 8.40. The summed E-state index contributed by atoms with van der Waals surface area (Å²) in [6.07, 6.45) is 7.43. The van der Waals surface area contributed by atoms with Crippen molar-refractivity contribution in [2.24, 2.45) is 11.8 Å². The maximum absolute atomic E-state index is 4.84. The van der Waals surface area contributed by atoms with Crippen molar-refractivity contribution in [1.82, 2.24) is 4.98 Å². The van der Waals surface area contributed by atoms with Crippen LogP contribution in [-0.4, -0.2) is 4.98 Å². The molecule has 2 bridgehead atoms. The number of hydrogen-bond donors (Lipinski definition) is 0. The monoisotopic (exact) mass is 221 g/mol. The molecule has 1 fully saturated rings. The minimum atomic E-state index is 0.662. The number of allylic oxidation sites excluding steroid dienone is 2. The van der Waals surface area contributed by atoms with Crippen molar-refractivity contribution in [2.45, 2.75) is 18.8 Å². The van der Waals surface area contributed by atoms with Gasteiger partial charge in [-0.15, -0.1) is 0 Å². The molecular formula is C16H15N. The van der Waals surface area contributed by atoms with Gasteiger partial charge in [0.15, 0.2) is 0 Å². The van der Waals surface area contributed by atoms with Gasteiger partial charge in [-0.2, -0.15) is 0 Å². The van der Waals surface area contributed by atoms with Crippen molar-refractivity contribution in [3.63, 3.8) is 0 Å². The van der Waals surface area contributed by atoms with Gasteiger partial charge in [-0.3, -0.25) is 4.98 Å². The van der Waals surface area contributed by atoms with Crippen LogP contribution in [0.4, 0.5) is 0 Å². The summed E-state index contributed by atoms with van der Waals surface area (Å²) < 4.78 is 0. The molecule has 1 heteroatoms. The molecule has 0 radical (unpaired) electrons. The van der Waals surface area contributed by atoms with E-state index in [-0.39, 0.29) is 0 Å². The summed E-state index contributed by atoms with van der Waals surface area (Å²) in [5.74, 6) is 2.22. The molecule has 2 aliphatic rings. The van der Waals surface area contributed by atoms with Crippen LogP contribution in [0.2, 0.25) is 0 Å². The standard InChI is InChI=1S/C16H15N/c1-2-4-15-12(3-1)7-8-16(17-15)14-10-11-5-6-13(14)9-11/h1-8,11,13-14H,9-10H2. The van der Waals surface area contributed by atoms with Crippen LogP contribution in [0.25, 0.3) is 10.9 Å². The third-order valence-electron chi connectivity index (χ3n) is 4.28. The van der Waals surface area contributed by atoms with E-state index >= 15 is 0 Å². The molecule has 3 unspecified atom stereocenters. The second-order valence-electron chi connectivity index (χ2n) is 5.32. The molecular weight excluding hydrogens is 206 g/mol. The Bertz CT molecular complexity index is 599. The van der Waals surface area contributed by atoms with Crippen LogP contribution in [0.3, 0.4) is 0 Å². The minimum absolute atomic E-state index is 0.662. The van der Waals surface area contributed by atoms with Gasteiger partial charge in [0, 0.05) is 17.0 Å². The normalized spacial score (nSPS) is 30.2. The van der Waals surface area contributed by atoms with Crippen LogP contribution >= 0.6 is 0 Å². The first-order valence-electron chi connectivity index (χ1n) is 6.44. The molecule has 0 amide bonds. The molecule has 2 aromatic rings. The fraction of sp³-hybridized carbons (Fsp3) is 0.312. The molecule has 0 saturated heterocycles. The van der Waals surface area contributed by atoms with Crippen molar-refractivity contribution in [2.75, 3.05) is 0 Å². The zero-order valence-electron chi connectivity index (χ0n) is 9.71. The summed E-state index contributed by atoms with van der Waals surface area (Å²) in [5.41, 5.74) is 2.43. The van der Waals surface area contributed by atoms with E-state index in [1.165, 1.54) is 23.9 Å². The average molecular weight is 221 g/mol. The third kappa shape index (κ3) is 1.42. The van der Waals surface area contributed by atoms with Crippen LogP contribution in [0.1, 0.15) is 24.5 Å². The number of hydrogen-bond acceptors (Lipinski definition) is 1. The van der Waals surface area contributed by atoms with Crippen LogP contribution in [0, 0.1) is 11.8 Å². The van der Waals surface area contributed by atoms with E-state index in [0.29, 0.717) is 5.92 Å². The molecule has 3 atom stereocenters. The van der Waals surface area contributed by atoms with E-state index in [9.17, 15) is 0 Å². The molecule has 0 N–H and O–H groups in total. The summed E-state index contributed by atoms with van der Waals surface area (Å²) in [6, 6.07) is 12.8. The highest BCUT2D eigenvalue weighted by atomic mass is 14.7. The van der Waals surface area contributed by atoms with Gasteiger partial charge in [0.1, 0.15) is 0 Å². The zero-order valence-corrected chi connectivity index (χ0v) is 9.71. The summed E-state index contributed by atoms with van der Waals surface area (Å²) in [6.45, 7) is 0. The van der Waals surface area contributed by atoms with Gasteiger partial charge < -0.3 is 0 Å². The Morgan fingerprint density at radius 2 is 1.88 bits per heavy atom. The molecule has 84 valence electrons. The predicted molar refractivity (Wildman–Crippen MR) is 69.8 cm³/mol. The quantitative estimate of drug-likeness (QED) is 0.665. The van der Waals surface area contributed by atoms with E-state index in [1.54, 1.807) is 0 Å². The van der Waals surface area contributed by atoms with Gasteiger partial charge in [-0.05, 0) is 36.8 Å². The SMILES string of the molecule is C1=CC2CC1CC2c1ccc2ccccc2n1. The second-order valence-corrected chi connectivity index (χ2v) is 5.32. The average Bonchev–Trinajstić information content (AvgIpc) is 3.00. The molecule has 17 heavy (non-hydrogen) atoms. The lowest BCUT2D eigenvalue weighted by Crippen LogP contribution is -2.06. The van der Waals surface area contributed by atoms with Crippen LogP contribution in [0.5, 0.6) is 0 Å². The van der Waals surface area contributed by atoms with Gasteiger partial charge in [0.25, 0.3) is 0 Å². The number of fused-ring (bicyclic) bond motifs is 3. The van der Waals surface area contributed by atoms with E-state index in [1.807, 2.05) is 0 Å². The summed E-state index contributed by atoms with van der Waals surface area (Å²) in [4.78, 5) is 4.84. The van der Waals surface area contributed by atoms with Crippen molar-refractivity contribution in [1.29, 1.82) is 0 Å². The largest absolute Gasteiger partial charge is 0.253 e. The molecule has 1 saturated carbocycles.